The Morgan fingerprint density at radius 1 is 0.949 bits per heavy atom. The molecule has 0 radical (unpaired) electrons. The molecule has 2 saturated heterocycles. The van der Waals surface area contributed by atoms with Gasteiger partial charge in [-0.15, -0.1) is 0 Å². The molecule has 3 aromatic carbocycles. The Morgan fingerprint density at radius 2 is 1.68 bits per heavy atom. The number of halogens is 5. The van der Waals surface area contributed by atoms with Crippen LogP contribution in [0.3, 0.4) is 0 Å². The van der Waals surface area contributed by atoms with E-state index in [0.717, 1.165) is 17.0 Å². The third-order valence-corrected chi connectivity index (χ3v) is 12.2. The molecule has 6 unspecified atom stereocenters. The second-order valence-electron chi connectivity index (χ2n) is 14.6. The molecule has 4 aliphatic rings. The van der Waals surface area contributed by atoms with Crippen molar-refractivity contribution < 1.29 is 57.2 Å². The van der Waals surface area contributed by atoms with Crippen LogP contribution in [-0.4, -0.2) is 61.5 Å². The number of hydrogen-bond acceptors (Lipinski definition) is 10. The van der Waals surface area contributed by atoms with E-state index in [-0.39, 0.29) is 36.6 Å². The minimum Gasteiger partial charge on any atom is -0.507 e. The number of allylic oxidation sites excluding steroid dienone is 2. The fourth-order valence-electron chi connectivity index (χ4n) is 9.23. The van der Waals surface area contributed by atoms with Gasteiger partial charge in [0.1, 0.15) is 11.3 Å². The average molecular weight is 852 g/mol. The highest BCUT2D eigenvalue weighted by Crippen LogP contribution is 2.64. The second kappa shape index (κ2) is 14.3. The lowest BCUT2D eigenvalue weighted by molar-refractivity contribution is -0.139. The molecule has 4 N–H and O–H groups in total. The Morgan fingerprint density at radius 3 is 2.32 bits per heavy atom. The maximum Gasteiger partial charge on any atom is 0.417 e. The lowest BCUT2D eigenvalue weighted by atomic mass is 9.49. The standard InChI is InChI=1S/C41H31Cl2F3N4O9/c1-2-59-31-13-18(3-12-29(31)51)33-23-10-11-25-32(37(55)49(35(25)53)22-8-9-24(38(56)57)30(52)15-22)26(23)16-27-36(54)50(39(58)40(27,33)19-4-6-21(42)7-5-19)48-34-28(43)14-20(17-47-34)41(44,45)46/h3-10,12-15,17,25-27,32-33,51-52H,2,11,16H2,1H3,(H,47,48)(H,56,57). The number of pyridine rings is 1. The molecule has 1 saturated carbocycles. The van der Waals surface area contributed by atoms with Crippen molar-refractivity contribution >= 4 is 64.3 Å². The first-order valence-corrected chi connectivity index (χ1v) is 19.0. The van der Waals surface area contributed by atoms with Crippen LogP contribution >= 0.6 is 23.2 Å². The number of carboxylic acid groups (broad SMARTS) is 1. The molecule has 4 amide bonds. The van der Waals surface area contributed by atoms with E-state index in [4.69, 9.17) is 27.9 Å². The third-order valence-electron chi connectivity index (χ3n) is 11.6. The van der Waals surface area contributed by atoms with Gasteiger partial charge in [0.25, 0.3) is 11.8 Å². The molecule has 13 nitrogen and oxygen atoms in total. The first-order valence-electron chi connectivity index (χ1n) is 18.2. The van der Waals surface area contributed by atoms with Crippen molar-refractivity contribution in [2.75, 3.05) is 16.9 Å². The predicted octanol–water partition coefficient (Wildman–Crippen LogP) is 7.10. The number of aromatic hydroxyl groups is 2. The van der Waals surface area contributed by atoms with Gasteiger partial charge in [-0.25, -0.2) is 14.7 Å². The number of alkyl halides is 3. The van der Waals surface area contributed by atoms with E-state index in [2.05, 4.69) is 10.4 Å². The van der Waals surface area contributed by atoms with Crippen molar-refractivity contribution in [1.29, 1.82) is 0 Å². The van der Waals surface area contributed by atoms with E-state index < -0.39 is 98.5 Å². The van der Waals surface area contributed by atoms with Gasteiger partial charge in [0.2, 0.25) is 11.8 Å². The number of anilines is 2. The monoisotopic (exact) mass is 850 g/mol. The van der Waals surface area contributed by atoms with Gasteiger partial charge in [0, 0.05) is 23.2 Å². The van der Waals surface area contributed by atoms with Gasteiger partial charge in [-0.1, -0.05) is 53.1 Å². The largest absolute Gasteiger partial charge is 0.507 e. The Hall–Kier alpha value is -6.13. The molecule has 8 rings (SSSR count). The first-order chi connectivity index (χ1) is 28.0. The van der Waals surface area contributed by atoms with Crippen LogP contribution in [0.1, 0.15) is 52.7 Å². The number of fused-ring (bicyclic) bond motifs is 4. The summed E-state index contributed by atoms with van der Waals surface area (Å²) in [6, 6.07) is 14.6. The Labute approximate surface area is 342 Å². The summed E-state index contributed by atoms with van der Waals surface area (Å²) in [6.45, 7) is 1.84. The molecule has 2 aliphatic carbocycles. The molecule has 304 valence electrons. The number of phenolic OH excluding ortho intramolecular Hbond substituents is 1. The summed E-state index contributed by atoms with van der Waals surface area (Å²) in [7, 11) is 0. The number of aromatic nitrogens is 1. The predicted molar refractivity (Wildman–Crippen MR) is 204 cm³/mol. The maximum atomic E-state index is 15.4. The molecule has 59 heavy (non-hydrogen) atoms. The van der Waals surface area contributed by atoms with E-state index in [1.807, 2.05) is 0 Å². The van der Waals surface area contributed by atoms with Crippen molar-refractivity contribution in [2.24, 2.45) is 23.7 Å². The number of carbonyl (C=O) groups excluding carboxylic acids is 4. The van der Waals surface area contributed by atoms with Gasteiger partial charge in [0.15, 0.2) is 17.3 Å². The van der Waals surface area contributed by atoms with E-state index in [1.165, 1.54) is 30.3 Å². The number of imide groups is 2. The number of hydrazine groups is 1. The summed E-state index contributed by atoms with van der Waals surface area (Å²) in [4.78, 5) is 75.2. The Balaban J connectivity index is 1.31. The molecule has 3 heterocycles. The molecule has 4 aromatic rings. The highest BCUT2D eigenvalue weighted by atomic mass is 35.5. The normalized spacial score (nSPS) is 25.1. The van der Waals surface area contributed by atoms with Gasteiger partial charge in [-0.05, 0) is 79.3 Å². The topological polar surface area (TPSA) is 187 Å². The number of ether oxygens (including phenoxy) is 1. The van der Waals surface area contributed by atoms with Crippen LogP contribution in [0.15, 0.2) is 84.6 Å². The molecule has 2 aliphatic heterocycles. The zero-order valence-corrected chi connectivity index (χ0v) is 32.0. The molecule has 6 atom stereocenters. The average Bonchev–Trinajstić information content (AvgIpc) is 3.56. The van der Waals surface area contributed by atoms with E-state index in [1.54, 1.807) is 31.2 Å². The summed E-state index contributed by atoms with van der Waals surface area (Å²) >= 11 is 12.6. The maximum absolute atomic E-state index is 15.4. The number of amides is 4. The van der Waals surface area contributed by atoms with E-state index in [9.17, 15) is 47.7 Å². The Kier molecular flexibility index (Phi) is 9.62. The van der Waals surface area contributed by atoms with Crippen LogP contribution in [0.4, 0.5) is 24.7 Å². The SMILES string of the molecule is CCOc1cc(C2C3=CCC4C(=O)N(c5ccc(C(=O)O)c(O)c5)C(=O)C4C3CC3C(=O)N(Nc4ncc(C(F)(F)F)cc4Cl)C(=O)C32c2ccc(Cl)cc2)ccc1O. The molecule has 18 heteroatoms. The second-order valence-corrected chi connectivity index (χ2v) is 15.4. The minimum absolute atomic E-state index is 0.0141. The molecule has 0 spiro atoms. The molecular weight excluding hydrogens is 820 g/mol. The molecule has 1 aromatic heterocycles. The van der Waals surface area contributed by atoms with Gasteiger partial charge in [-0.2, -0.15) is 18.2 Å². The molecular formula is C41H31Cl2F3N4O9. The Bertz CT molecular complexity index is 2520. The van der Waals surface area contributed by atoms with E-state index in [0.29, 0.717) is 39.0 Å². The number of benzene rings is 3. The zero-order chi connectivity index (χ0) is 42.3. The summed E-state index contributed by atoms with van der Waals surface area (Å²) in [5, 5.41) is 31.1. The zero-order valence-electron chi connectivity index (χ0n) is 30.5. The van der Waals surface area contributed by atoms with Crippen LogP contribution in [0, 0.1) is 23.7 Å². The van der Waals surface area contributed by atoms with Crippen molar-refractivity contribution in [3.63, 3.8) is 0 Å². The van der Waals surface area contributed by atoms with E-state index >= 15 is 4.79 Å². The number of rotatable bonds is 8. The van der Waals surface area contributed by atoms with Crippen LogP contribution in [0.2, 0.25) is 10.0 Å². The fourth-order valence-corrected chi connectivity index (χ4v) is 9.57. The summed E-state index contributed by atoms with van der Waals surface area (Å²) in [6.07, 6.45) is -2.69. The van der Waals surface area contributed by atoms with Crippen LogP contribution < -0.4 is 15.1 Å². The van der Waals surface area contributed by atoms with Gasteiger partial charge in [-0.3, -0.25) is 24.6 Å². The molecule has 0 bridgehead atoms. The highest BCUT2D eigenvalue weighted by Gasteiger charge is 2.70. The lowest BCUT2D eigenvalue weighted by Crippen LogP contribution is -2.53. The third kappa shape index (κ3) is 6.15. The number of carbonyl (C=O) groups is 5. The number of nitrogens with one attached hydrogen (secondary N) is 1. The minimum atomic E-state index is -4.79. The number of carboxylic acids is 1. The summed E-state index contributed by atoms with van der Waals surface area (Å²) < 4.78 is 46.3. The smallest absolute Gasteiger partial charge is 0.417 e. The first kappa shape index (κ1) is 39.7. The quantitative estimate of drug-likeness (QED) is 0.105. The van der Waals surface area contributed by atoms with Crippen LogP contribution in [0.25, 0.3) is 0 Å². The highest BCUT2D eigenvalue weighted by molar-refractivity contribution is 6.33. The van der Waals surface area contributed by atoms with Crippen molar-refractivity contribution in [2.45, 2.75) is 37.3 Å². The van der Waals surface area contributed by atoms with Gasteiger partial charge >= 0.3 is 12.1 Å². The molecule has 3 fully saturated rings. The number of phenols is 2. The van der Waals surface area contributed by atoms with Gasteiger partial charge < -0.3 is 20.1 Å². The number of hydrogen-bond donors (Lipinski definition) is 4. The van der Waals surface area contributed by atoms with Crippen molar-refractivity contribution in [1.82, 2.24) is 9.99 Å². The lowest BCUT2D eigenvalue weighted by Gasteiger charge is -2.50. The number of aromatic carboxylic acids is 1. The van der Waals surface area contributed by atoms with Crippen LogP contribution in [0.5, 0.6) is 17.2 Å². The summed E-state index contributed by atoms with van der Waals surface area (Å²) in [5.41, 5.74) is 0.280. The van der Waals surface area contributed by atoms with Crippen LogP contribution in [-0.2, 0) is 30.8 Å². The summed E-state index contributed by atoms with van der Waals surface area (Å²) in [5.74, 6) is -11.0. The number of nitrogens with zero attached hydrogens (tertiary/aromatic N) is 3. The van der Waals surface area contributed by atoms with Crippen molar-refractivity contribution in [3.8, 4) is 17.2 Å². The van der Waals surface area contributed by atoms with Crippen molar-refractivity contribution in [3.05, 3.63) is 117 Å². The van der Waals surface area contributed by atoms with Gasteiger partial charge in [0.05, 0.1) is 46.0 Å². The fraction of sp³-hybridized carbons (Fsp3) is 0.268.